The monoisotopic (exact) mass is 522 g/mol. The summed E-state index contributed by atoms with van der Waals surface area (Å²) in [6, 6.07) is 31.0. The van der Waals surface area contributed by atoms with Gasteiger partial charge in [0.2, 0.25) is 0 Å². The Labute approximate surface area is 228 Å². The lowest BCUT2D eigenvalue weighted by atomic mass is 9.73. The van der Waals surface area contributed by atoms with Gasteiger partial charge in [0, 0.05) is 17.9 Å². The predicted molar refractivity (Wildman–Crippen MR) is 149 cm³/mol. The van der Waals surface area contributed by atoms with E-state index in [4.69, 9.17) is 4.74 Å². The van der Waals surface area contributed by atoms with Gasteiger partial charge in [0.1, 0.15) is 29.7 Å². The molecule has 0 saturated heterocycles. The van der Waals surface area contributed by atoms with Gasteiger partial charge < -0.3 is 4.74 Å². The van der Waals surface area contributed by atoms with E-state index in [1.165, 1.54) is 24.3 Å². The van der Waals surface area contributed by atoms with Gasteiger partial charge in [-0.25, -0.2) is 4.39 Å². The fourth-order valence-electron chi connectivity index (χ4n) is 4.58. The maximum absolute atomic E-state index is 13.9. The molecule has 2 unspecified atom stereocenters. The number of Topliss-reactive ketones (excluding diaryl/α,β-unsaturated/α-hetero) is 3. The van der Waals surface area contributed by atoms with E-state index >= 15 is 0 Å². The maximum atomic E-state index is 13.9. The van der Waals surface area contributed by atoms with Crippen LogP contribution in [0.2, 0.25) is 0 Å². The molecule has 0 aliphatic heterocycles. The van der Waals surface area contributed by atoms with E-state index in [1.54, 1.807) is 38.1 Å². The summed E-state index contributed by atoms with van der Waals surface area (Å²) < 4.78 is 19.5. The van der Waals surface area contributed by atoms with Crippen LogP contribution in [0.15, 0.2) is 109 Å². The molecule has 0 heterocycles. The molecule has 0 amide bonds. The predicted octanol–water partition coefficient (Wildman–Crippen LogP) is 7.02. The van der Waals surface area contributed by atoms with Gasteiger partial charge in [-0.1, -0.05) is 86.6 Å². The minimum atomic E-state index is -1.20. The molecule has 0 aliphatic carbocycles. The summed E-state index contributed by atoms with van der Waals surface area (Å²) >= 11 is 0. The summed E-state index contributed by atoms with van der Waals surface area (Å²) in [6.45, 7) is 3.83. The van der Waals surface area contributed by atoms with Crippen LogP contribution >= 0.6 is 0 Å². The molecule has 0 fully saturated rings. The Bertz CT molecular complexity index is 1400. The summed E-state index contributed by atoms with van der Waals surface area (Å²) in [5, 5.41) is 0. The zero-order valence-electron chi connectivity index (χ0n) is 22.0. The van der Waals surface area contributed by atoms with E-state index < -0.39 is 29.4 Å². The van der Waals surface area contributed by atoms with Crippen LogP contribution in [0, 0.1) is 17.7 Å². The zero-order chi connectivity index (χ0) is 27.8. The normalized spacial score (nSPS) is 12.5. The average Bonchev–Trinajstić information content (AvgIpc) is 2.96. The lowest BCUT2D eigenvalue weighted by Gasteiger charge is -2.26. The highest BCUT2D eigenvalue weighted by atomic mass is 19.1. The van der Waals surface area contributed by atoms with Crippen LogP contribution in [0.25, 0.3) is 0 Å². The molecule has 0 bridgehead atoms. The minimum Gasteiger partial charge on any atom is -0.489 e. The van der Waals surface area contributed by atoms with Gasteiger partial charge in [-0.05, 0) is 53.1 Å². The Kier molecular flexibility index (Phi) is 9.16. The van der Waals surface area contributed by atoms with Gasteiger partial charge in [0.05, 0.1) is 11.8 Å². The van der Waals surface area contributed by atoms with Crippen LogP contribution < -0.4 is 4.74 Å². The molecule has 0 aromatic heterocycles. The molecule has 4 aromatic rings. The summed E-state index contributed by atoms with van der Waals surface area (Å²) in [5.41, 5.74) is 2.54. The molecule has 0 N–H and O–H groups in total. The van der Waals surface area contributed by atoms with Crippen LogP contribution in [0.5, 0.6) is 5.75 Å². The first-order valence-corrected chi connectivity index (χ1v) is 13.0. The van der Waals surface area contributed by atoms with Gasteiger partial charge in [-0.3, -0.25) is 14.4 Å². The lowest BCUT2D eigenvalue weighted by molar-refractivity contribution is -0.134. The molecule has 39 heavy (non-hydrogen) atoms. The molecule has 0 saturated carbocycles. The van der Waals surface area contributed by atoms with Gasteiger partial charge >= 0.3 is 0 Å². The standard InChI is InChI=1S/C34H31FO4/c1-23(2)33(37)32(30(36)21-24-9-5-3-6-10-24)31(34(38)27-13-17-28(35)18-14-27)26-15-19-29(20-16-26)39-22-25-11-7-4-8-12-25/h3-20,23,31-32H,21-22H2,1-2H3. The Morgan fingerprint density at radius 1 is 0.718 bits per heavy atom. The van der Waals surface area contributed by atoms with Crippen LogP contribution in [0.4, 0.5) is 4.39 Å². The number of carbonyl (C=O) groups is 3. The SMILES string of the molecule is CC(C)C(=O)C(C(=O)Cc1ccccc1)C(C(=O)c1ccc(F)cc1)c1ccc(OCc2ccccc2)cc1. The Morgan fingerprint density at radius 3 is 1.85 bits per heavy atom. The first-order chi connectivity index (χ1) is 18.8. The summed E-state index contributed by atoms with van der Waals surface area (Å²) in [6.07, 6.45) is 0.0232. The number of rotatable bonds is 12. The molecule has 198 valence electrons. The maximum Gasteiger partial charge on any atom is 0.171 e. The molecule has 0 radical (unpaired) electrons. The highest BCUT2D eigenvalue weighted by Crippen LogP contribution is 2.34. The second kappa shape index (κ2) is 12.9. The number of ether oxygens (including phenoxy) is 1. The fourth-order valence-corrected chi connectivity index (χ4v) is 4.58. The molecule has 2 atom stereocenters. The van der Waals surface area contributed by atoms with Crippen molar-refractivity contribution in [3.63, 3.8) is 0 Å². The molecule has 4 nitrogen and oxygen atoms in total. The van der Waals surface area contributed by atoms with E-state index in [-0.39, 0.29) is 23.6 Å². The number of hydrogen-bond donors (Lipinski definition) is 0. The Morgan fingerprint density at radius 2 is 1.28 bits per heavy atom. The fraction of sp³-hybridized carbons (Fsp3) is 0.206. The van der Waals surface area contributed by atoms with Crippen molar-refractivity contribution < 1.29 is 23.5 Å². The van der Waals surface area contributed by atoms with Crippen molar-refractivity contribution in [1.82, 2.24) is 0 Å². The van der Waals surface area contributed by atoms with Crippen LogP contribution in [-0.2, 0) is 22.6 Å². The molecule has 4 aromatic carbocycles. The molecule has 4 rings (SSSR count). The van der Waals surface area contributed by atoms with Gasteiger partial charge in [-0.15, -0.1) is 0 Å². The van der Waals surface area contributed by atoms with E-state index in [1.807, 2.05) is 60.7 Å². The second-order valence-electron chi connectivity index (χ2n) is 9.86. The quantitative estimate of drug-likeness (QED) is 0.148. The largest absolute Gasteiger partial charge is 0.489 e. The molecule has 0 spiro atoms. The minimum absolute atomic E-state index is 0.0232. The molecular weight excluding hydrogens is 491 g/mol. The van der Waals surface area contributed by atoms with Crippen molar-refractivity contribution in [1.29, 1.82) is 0 Å². The highest BCUT2D eigenvalue weighted by Gasteiger charge is 2.40. The van der Waals surface area contributed by atoms with Crippen molar-refractivity contribution in [3.05, 3.63) is 137 Å². The number of hydrogen-bond acceptors (Lipinski definition) is 4. The Hall–Kier alpha value is -4.38. The molecule has 5 heteroatoms. The van der Waals surface area contributed by atoms with Gasteiger partial charge in [0.25, 0.3) is 0 Å². The smallest absolute Gasteiger partial charge is 0.171 e. The Balaban J connectivity index is 1.70. The van der Waals surface area contributed by atoms with Gasteiger partial charge in [0.15, 0.2) is 5.78 Å². The summed E-state index contributed by atoms with van der Waals surface area (Å²) in [5.74, 6) is -3.65. The van der Waals surface area contributed by atoms with Crippen LogP contribution in [-0.4, -0.2) is 17.3 Å². The van der Waals surface area contributed by atoms with Crippen molar-refractivity contribution >= 4 is 17.3 Å². The second-order valence-corrected chi connectivity index (χ2v) is 9.86. The summed E-state index contributed by atoms with van der Waals surface area (Å²) in [7, 11) is 0. The van der Waals surface area contributed by atoms with E-state index in [0.717, 1.165) is 11.1 Å². The number of carbonyl (C=O) groups excluding carboxylic acids is 3. The number of halogens is 1. The zero-order valence-corrected chi connectivity index (χ0v) is 22.0. The number of ketones is 3. The third kappa shape index (κ3) is 7.14. The van der Waals surface area contributed by atoms with E-state index in [9.17, 15) is 18.8 Å². The van der Waals surface area contributed by atoms with Crippen molar-refractivity contribution in [2.24, 2.45) is 11.8 Å². The third-order valence-electron chi connectivity index (χ3n) is 6.68. The average molecular weight is 523 g/mol. The third-order valence-corrected chi connectivity index (χ3v) is 6.68. The lowest BCUT2D eigenvalue weighted by Crippen LogP contribution is -2.37. The van der Waals surface area contributed by atoms with Crippen molar-refractivity contribution in [3.8, 4) is 5.75 Å². The van der Waals surface area contributed by atoms with Gasteiger partial charge in [-0.2, -0.15) is 0 Å². The van der Waals surface area contributed by atoms with Crippen molar-refractivity contribution in [2.45, 2.75) is 32.8 Å². The van der Waals surface area contributed by atoms with Crippen molar-refractivity contribution in [2.75, 3.05) is 0 Å². The van der Waals surface area contributed by atoms with E-state index in [0.29, 0.717) is 17.9 Å². The van der Waals surface area contributed by atoms with Crippen LogP contribution in [0.3, 0.4) is 0 Å². The first kappa shape index (κ1) is 27.6. The van der Waals surface area contributed by atoms with Crippen LogP contribution in [0.1, 0.15) is 46.8 Å². The first-order valence-electron chi connectivity index (χ1n) is 13.0. The summed E-state index contributed by atoms with van der Waals surface area (Å²) in [4.78, 5) is 41.2. The van der Waals surface area contributed by atoms with E-state index in [2.05, 4.69) is 0 Å². The molecular formula is C34H31FO4. The highest BCUT2D eigenvalue weighted by molar-refractivity contribution is 6.12. The topological polar surface area (TPSA) is 60.4 Å². The molecule has 0 aliphatic rings. The number of benzene rings is 4.